The summed E-state index contributed by atoms with van der Waals surface area (Å²) in [6.45, 7) is -1.65. The van der Waals surface area contributed by atoms with E-state index in [0.717, 1.165) is 15.2 Å². The number of nitro groups is 2. The average Bonchev–Trinajstić information content (AvgIpc) is 4.12. The van der Waals surface area contributed by atoms with Crippen LogP contribution >= 0.6 is 63.7 Å². The van der Waals surface area contributed by atoms with Crippen LogP contribution in [-0.2, 0) is 13.1 Å². The molecule has 16 nitrogen and oxygen atoms in total. The molecule has 6 aromatic heterocycles. The number of aliphatic hydroxyl groups is 1. The van der Waals surface area contributed by atoms with Gasteiger partial charge in [0, 0.05) is 77.1 Å². The Morgan fingerprint density at radius 3 is 1.52 bits per heavy atom. The van der Waals surface area contributed by atoms with Crippen LogP contribution in [-0.4, -0.2) is 53.2 Å². The normalized spacial score (nSPS) is 12.0. The lowest BCUT2D eigenvalue weighted by Crippen LogP contribution is -2.10. The van der Waals surface area contributed by atoms with Crippen LogP contribution in [0.3, 0.4) is 0 Å². The smallest absolute Gasteiger partial charge is 0.406 e. The summed E-state index contributed by atoms with van der Waals surface area (Å²) in [6.07, 6.45) is 9.81. The monoisotopic (exact) mass is 1250 g/mol. The summed E-state index contributed by atoms with van der Waals surface area (Å²) >= 11 is 12.5. The Morgan fingerprint density at radius 2 is 1.08 bits per heavy atom. The summed E-state index contributed by atoms with van der Waals surface area (Å²) in [5.74, 6) is -2.29. The molecule has 0 aliphatic heterocycles. The predicted octanol–water partition coefficient (Wildman–Crippen LogP) is 13.5. The van der Waals surface area contributed by atoms with Crippen molar-refractivity contribution in [2.45, 2.75) is 52.2 Å². The molecule has 0 fully saturated rings. The zero-order valence-electron chi connectivity index (χ0n) is 36.2. The fourth-order valence-corrected chi connectivity index (χ4v) is 8.47. The molecule has 0 amide bonds. The number of nitrogens with zero attached hydrogens (tertiary/aromatic N) is 10. The highest BCUT2D eigenvalue weighted by atomic mass is 79.9. The second-order valence-electron chi connectivity index (χ2n) is 14.7. The molecule has 6 heterocycles. The summed E-state index contributed by atoms with van der Waals surface area (Å²) in [7, 11) is 0. The van der Waals surface area contributed by atoms with Crippen molar-refractivity contribution in [2.24, 2.45) is 0 Å². The number of imidazole rings is 2. The molecular formula is C44H33Br4F7N10O6. The van der Waals surface area contributed by atoms with E-state index in [0.29, 0.717) is 60.5 Å². The first-order valence-electron chi connectivity index (χ1n) is 20.1. The maximum absolute atomic E-state index is 14.2. The van der Waals surface area contributed by atoms with Gasteiger partial charge in [-0.1, -0.05) is 0 Å². The standard InChI is InChI=1S/C22H16Br2F3N5O3.C17H15BrF3N3O.C5H2BrFN2O2/c1-12(35-18-8-14(23)10-29-21(18)32(33)34)17-9-15(25)2-3-16(17)20-28-5-7-30(20)11-13-4-6-31(19(13)24)22(26)27;1-10(25)14-8-12(19)2-3-13(14)16-22-5-7-23(16)9-11-4-6-24(15(11)18)17(20)21;6-3-1-4(7)5(8-2-3)9(10)11/h2-10,12,22H,11H2,1H3;2-8,10,17,25H,9H2,1H3;1-2H. The number of halogens is 11. The third kappa shape index (κ3) is 13.2. The molecule has 0 saturated carbocycles. The average molecular weight is 1250 g/mol. The van der Waals surface area contributed by atoms with Gasteiger partial charge in [0.2, 0.25) is 11.6 Å². The third-order valence-corrected chi connectivity index (χ3v) is 12.7. The number of hydrogen-bond donors (Lipinski definition) is 1. The first-order valence-corrected chi connectivity index (χ1v) is 23.3. The first kappa shape index (κ1) is 54.1. The van der Waals surface area contributed by atoms with Crippen molar-refractivity contribution in [2.75, 3.05) is 0 Å². The first-order chi connectivity index (χ1) is 33.6. The van der Waals surface area contributed by atoms with Gasteiger partial charge < -0.3 is 39.2 Å². The largest absolute Gasteiger partial charge is 0.478 e. The minimum atomic E-state index is -2.70. The van der Waals surface area contributed by atoms with E-state index in [9.17, 15) is 56.1 Å². The molecule has 8 aromatic rings. The van der Waals surface area contributed by atoms with Crippen LogP contribution in [0, 0.1) is 37.7 Å². The Bertz CT molecular complexity index is 3190. The van der Waals surface area contributed by atoms with Gasteiger partial charge in [-0.2, -0.15) is 22.0 Å². The maximum atomic E-state index is 14.2. The zero-order chi connectivity index (χ0) is 51.8. The summed E-state index contributed by atoms with van der Waals surface area (Å²) in [5, 5.41) is 31.3. The maximum Gasteiger partial charge on any atom is 0.406 e. The predicted molar refractivity (Wildman–Crippen MR) is 257 cm³/mol. The lowest BCUT2D eigenvalue weighted by molar-refractivity contribution is -0.392. The molecule has 0 saturated heterocycles. The molecule has 8 rings (SSSR count). The summed E-state index contributed by atoms with van der Waals surface area (Å²) in [6, 6.07) is 13.7. The van der Waals surface area contributed by atoms with Crippen LogP contribution in [0.4, 0.5) is 42.4 Å². The van der Waals surface area contributed by atoms with Crippen LogP contribution in [0.15, 0.2) is 128 Å². The van der Waals surface area contributed by atoms with E-state index in [4.69, 9.17) is 4.74 Å². The number of hydrogen-bond acceptors (Lipinski definition) is 10. The molecule has 0 aliphatic rings. The van der Waals surface area contributed by atoms with Gasteiger partial charge in [-0.3, -0.25) is 9.13 Å². The van der Waals surface area contributed by atoms with Gasteiger partial charge in [0.1, 0.15) is 29.4 Å². The molecule has 0 bridgehead atoms. The quantitative estimate of drug-likeness (QED) is 0.0623. The van der Waals surface area contributed by atoms with Crippen molar-refractivity contribution >= 4 is 75.4 Å². The Labute approximate surface area is 430 Å². The van der Waals surface area contributed by atoms with E-state index >= 15 is 0 Å². The van der Waals surface area contributed by atoms with Gasteiger partial charge in [0.25, 0.3) is 0 Å². The van der Waals surface area contributed by atoms with E-state index in [1.54, 1.807) is 59.8 Å². The van der Waals surface area contributed by atoms with Crippen molar-refractivity contribution in [3.8, 4) is 28.5 Å². The number of aromatic nitrogens is 8. The van der Waals surface area contributed by atoms with Crippen LogP contribution in [0.1, 0.15) is 61.4 Å². The van der Waals surface area contributed by atoms with Crippen molar-refractivity contribution in [3.63, 3.8) is 0 Å². The Hall–Kier alpha value is -6.29. The van der Waals surface area contributed by atoms with Crippen LogP contribution in [0.5, 0.6) is 5.75 Å². The Balaban J connectivity index is 0.000000198. The van der Waals surface area contributed by atoms with Gasteiger partial charge in [0.05, 0.1) is 37.3 Å². The highest BCUT2D eigenvalue weighted by Crippen LogP contribution is 2.36. The van der Waals surface area contributed by atoms with Crippen molar-refractivity contribution in [1.82, 2.24) is 38.2 Å². The molecule has 372 valence electrons. The van der Waals surface area contributed by atoms with Crippen molar-refractivity contribution in [1.29, 1.82) is 0 Å². The molecule has 0 aliphatic carbocycles. The molecule has 2 atom stereocenters. The molecule has 71 heavy (non-hydrogen) atoms. The molecular weight excluding hydrogens is 1220 g/mol. The molecule has 0 spiro atoms. The van der Waals surface area contributed by atoms with Crippen LogP contribution in [0.25, 0.3) is 22.8 Å². The molecule has 0 radical (unpaired) electrons. The zero-order valence-corrected chi connectivity index (χ0v) is 42.6. The van der Waals surface area contributed by atoms with Crippen LogP contribution < -0.4 is 4.74 Å². The number of rotatable bonds is 14. The highest BCUT2D eigenvalue weighted by Gasteiger charge is 2.25. The van der Waals surface area contributed by atoms with E-state index in [1.807, 2.05) is 0 Å². The van der Waals surface area contributed by atoms with Gasteiger partial charge in [-0.15, -0.1) is 0 Å². The number of ether oxygens (including phenoxy) is 1. The highest BCUT2D eigenvalue weighted by molar-refractivity contribution is 9.11. The van der Waals surface area contributed by atoms with E-state index in [1.165, 1.54) is 67.4 Å². The second-order valence-corrected chi connectivity index (χ2v) is 18.1. The van der Waals surface area contributed by atoms with E-state index < -0.39 is 64.2 Å². The van der Waals surface area contributed by atoms with E-state index in [-0.39, 0.29) is 21.5 Å². The number of alkyl halides is 4. The molecule has 2 aromatic carbocycles. The summed E-state index contributed by atoms with van der Waals surface area (Å²) in [4.78, 5) is 35.5. The van der Waals surface area contributed by atoms with E-state index in [2.05, 4.69) is 83.7 Å². The Kier molecular flexibility index (Phi) is 18.1. The third-order valence-electron chi connectivity index (χ3n) is 10.0. The number of benzene rings is 2. The number of pyridine rings is 2. The molecule has 1 N–H and O–H groups in total. The topological polar surface area (TPSA) is 187 Å². The summed E-state index contributed by atoms with van der Waals surface area (Å²) < 4.78 is 105. The number of aliphatic hydroxyl groups excluding tert-OH is 1. The SMILES string of the molecule is CC(O)c1cc(F)ccc1-c1nccn1Cc1ccn(C(F)F)c1Br.CC(Oc1cc(Br)cnc1[N+](=O)[O-])c1cc(F)ccc1-c1nccn1Cc1ccn(C(F)F)c1Br.O=[N+]([O-])c1ncc(Br)cc1F. The van der Waals surface area contributed by atoms with Gasteiger partial charge in [0.15, 0.2) is 12.4 Å². The lowest BCUT2D eigenvalue weighted by atomic mass is 10.0. The minimum Gasteiger partial charge on any atom is -0.478 e. The molecule has 2 unspecified atom stereocenters. The van der Waals surface area contributed by atoms with Crippen molar-refractivity contribution < 1.29 is 50.4 Å². The Morgan fingerprint density at radius 1 is 0.634 bits per heavy atom. The lowest BCUT2D eigenvalue weighted by Gasteiger charge is -2.19. The fourth-order valence-electron chi connectivity index (χ4n) is 6.80. The van der Waals surface area contributed by atoms with Crippen LogP contribution in [0.2, 0.25) is 0 Å². The van der Waals surface area contributed by atoms with Gasteiger partial charge in [-0.25, -0.2) is 18.7 Å². The van der Waals surface area contributed by atoms with Gasteiger partial charge >= 0.3 is 24.7 Å². The molecule has 27 heteroatoms. The van der Waals surface area contributed by atoms with Gasteiger partial charge in [-0.05, 0) is 151 Å². The minimum absolute atomic E-state index is 0.0901. The van der Waals surface area contributed by atoms with Crippen molar-refractivity contribution in [3.05, 3.63) is 188 Å². The second kappa shape index (κ2) is 23.7. The summed E-state index contributed by atoms with van der Waals surface area (Å²) in [5.41, 5.74) is 3.14. The fraction of sp³-hybridized carbons (Fsp3) is 0.182.